The number of carbonyl (C=O) groups excluding carboxylic acids is 2. The average Bonchev–Trinajstić information content (AvgIpc) is 2.67. The predicted molar refractivity (Wildman–Crippen MR) is 104 cm³/mol. The number of para-hydroxylation sites is 1. The van der Waals surface area contributed by atoms with Crippen molar-refractivity contribution in [2.45, 2.75) is 50.8 Å². The molecular weight excluding hydrogens is 344 g/mol. The highest BCUT2D eigenvalue weighted by molar-refractivity contribution is 6.02. The highest BCUT2D eigenvalue weighted by atomic mass is 16.5. The van der Waals surface area contributed by atoms with E-state index in [2.05, 4.69) is 26.5 Å². The summed E-state index contributed by atoms with van der Waals surface area (Å²) in [6, 6.07) is 6.42. The van der Waals surface area contributed by atoms with Gasteiger partial charge in [0.2, 0.25) is 11.8 Å². The van der Waals surface area contributed by atoms with Gasteiger partial charge in [-0.3, -0.25) is 14.9 Å². The topological polar surface area (TPSA) is 73.9 Å². The van der Waals surface area contributed by atoms with Gasteiger partial charge in [0.15, 0.2) is 5.75 Å². The number of benzene rings is 1. The van der Waals surface area contributed by atoms with E-state index in [0.29, 0.717) is 25.4 Å². The number of hydrogen-bond acceptors (Lipinski definition) is 6. The molecule has 1 aromatic carbocycles. The van der Waals surface area contributed by atoms with Gasteiger partial charge >= 0.3 is 0 Å². The number of piperidine rings is 2. The van der Waals surface area contributed by atoms with Crippen LogP contribution in [0.15, 0.2) is 18.2 Å². The van der Waals surface area contributed by atoms with E-state index in [-0.39, 0.29) is 24.0 Å². The highest BCUT2D eigenvalue weighted by Crippen LogP contribution is 2.43. The normalized spacial score (nSPS) is 26.4. The number of nitrogens with zero attached hydrogens (tertiary/aromatic N) is 2. The molecule has 0 saturated carbocycles. The van der Waals surface area contributed by atoms with Gasteiger partial charge in [-0.05, 0) is 45.4 Å². The van der Waals surface area contributed by atoms with Gasteiger partial charge in [-0.1, -0.05) is 6.07 Å². The molecule has 2 fully saturated rings. The molecule has 3 aliphatic rings. The van der Waals surface area contributed by atoms with Gasteiger partial charge < -0.3 is 19.9 Å². The summed E-state index contributed by atoms with van der Waals surface area (Å²) < 4.78 is 6.25. The van der Waals surface area contributed by atoms with Crippen LogP contribution in [0.5, 0.6) is 5.75 Å². The van der Waals surface area contributed by atoms with E-state index in [1.54, 1.807) is 0 Å². The number of hydrogen-bond donors (Lipinski definition) is 2. The molecular formula is C20H28N4O3. The van der Waals surface area contributed by atoms with Crippen LogP contribution in [-0.4, -0.2) is 56.7 Å². The van der Waals surface area contributed by atoms with Crippen LogP contribution >= 0.6 is 0 Å². The molecule has 1 aromatic rings. The Balaban J connectivity index is 1.63. The SMILES string of the molecule is CNC1CCN(c2cccc3c2O[C@@H](C)CN3C2CCC(=O)NC2=O)CC1. The Kier molecular flexibility index (Phi) is 4.95. The van der Waals surface area contributed by atoms with E-state index in [4.69, 9.17) is 4.74 Å². The summed E-state index contributed by atoms with van der Waals surface area (Å²) in [5.41, 5.74) is 2.06. The minimum absolute atomic E-state index is 0.0149. The molecule has 7 nitrogen and oxygen atoms in total. The van der Waals surface area contributed by atoms with Gasteiger partial charge in [0.25, 0.3) is 0 Å². The van der Waals surface area contributed by atoms with Crippen LogP contribution in [0.3, 0.4) is 0 Å². The molecule has 2 N–H and O–H groups in total. The van der Waals surface area contributed by atoms with E-state index in [0.717, 1.165) is 43.1 Å². The third kappa shape index (κ3) is 3.48. The lowest BCUT2D eigenvalue weighted by Crippen LogP contribution is -2.55. The molecule has 2 atom stereocenters. The first kappa shape index (κ1) is 18.1. The number of anilines is 2. The van der Waals surface area contributed by atoms with Gasteiger partial charge in [-0.2, -0.15) is 0 Å². The molecule has 0 radical (unpaired) electrons. The zero-order chi connectivity index (χ0) is 19.0. The summed E-state index contributed by atoms with van der Waals surface area (Å²) in [5.74, 6) is 0.481. The first-order valence-corrected chi connectivity index (χ1v) is 9.89. The Bertz CT molecular complexity index is 730. The van der Waals surface area contributed by atoms with Gasteiger partial charge in [0, 0.05) is 25.6 Å². The van der Waals surface area contributed by atoms with E-state index in [9.17, 15) is 9.59 Å². The van der Waals surface area contributed by atoms with Crippen LogP contribution < -0.4 is 25.2 Å². The first-order valence-electron chi connectivity index (χ1n) is 9.89. The summed E-state index contributed by atoms with van der Waals surface area (Å²) in [5, 5.41) is 5.85. The van der Waals surface area contributed by atoms with E-state index >= 15 is 0 Å². The van der Waals surface area contributed by atoms with Gasteiger partial charge in [0.1, 0.15) is 12.1 Å². The molecule has 3 heterocycles. The van der Waals surface area contributed by atoms with Crippen molar-refractivity contribution in [2.75, 3.05) is 36.5 Å². The molecule has 2 amide bonds. The Labute approximate surface area is 160 Å². The second kappa shape index (κ2) is 7.38. The second-order valence-corrected chi connectivity index (χ2v) is 7.72. The zero-order valence-corrected chi connectivity index (χ0v) is 16.0. The molecule has 0 aromatic heterocycles. The van der Waals surface area contributed by atoms with Crippen LogP contribution in [0, 0.1) is 0 Å². The highest BCUT2D eigenvalue weighted by Gasteiger charge is 2.37. The maximum Gasteiger partial charge on any atom is 0.249 e. The fraction of sp³-hybridized carbons (Fsp3) is 0.600. The molecule has 0 bridgehead atoms. The van der Waals surface area contributed by atoms with Crippen molar-refractivity contribution >= 4 is 23.2 Å². The number of amides is 2. The van der Waals surface area contributed by atoms with Crippen molar-refractivity contribution in [2.24, 2.45) is 0 Å². The van der Waals surface area contributed by atoms with Crippen LogP contribution in [0.2, 0.25) is 0 Å². The summed E-state index contributed by atoms with van der Waals surface area (Å²) in [4.78, 5) is 28.5. The fourth-order valence-electron chi connectivity index (χ4n) is 4.41. The maximum atomic E-state index is 12.4. The summed E-state index contributed by atoms with van der Waals surface area (Å²) in [6.07, 6.45) is 3.13. The number of imide groups is 1. The predicted octanol–water partition coefficient (Wildman–Crippen LogP) is 1.27. The van der Waals surface area contributed by atoms with Crippen LogP contribution in [0.4, 0.5) is 11.4 Å². The van der Waals surface area contributed by atoms with Crippen LogP contribution in [0.1, 0.15) is 32.6 Å². The van der Waals surface area contributed by atoms with Gasteiger partial charge in [-0.25, -0.2) is 0 Å². The standard InChI is InChI=1S/C20H28N4O3/c1-13-12-24(17-6-7-18(25)22-20(17)26)16-5-3-4-15(19(16)27-13)23-10-8-14(21-2)9-11-23/h3-5,13-14,17,21H,6-12H2,1-2H3,(H,22,25,26)/t13-,17?/m0/s1. The largest absolute Gasteiger partial charge is 0.485 e. The lowest BCUT2D eigenvalue weighted by atomic mass is 10.0. The van der Waals surface area contributed by atoms with Crippen molar-refractivity contribution < 1.29 is 14.3 Å². The molecule has 0 spiro atoms. The van der Waals surface area contributed by atoms with Crippen LogP contribution in [0.25, 0.3) is 0 Å². The lowest BCUT2D eigenvalue weighted by molar-refractivity contribution is -0.134. The Morgan fingerprint density at radius 2 is 1.89 bits per heavy atom. The van der Waals surface area contributed by atoms with Gasteiger partial charge in [0.05, 0.1) is 17.9 Å². The average molecular weight is 372 g/mol. The number of rotatable bonds is 3. The smallest absolute Gasteiger partial charge is 0.249 e. The Morgan fingerprint density at radius 3 is 2.59 bits per heavy atom. The summed E-state index contributed by atoms with van der Waals surface area (Å²) >= 11 is 0. The van der Waals surface area contributed by atoms with Crippen molar-refractivity contribution in [1.82, 2.24) is 10.6 Å². The zero-order valence-electron chi connectivity index (χ0n) is 16.0. The molecule has 4 rings (SSSR count). The van der Waals surface area contributed by atoms with E-state index in [1.165, 1.54) is 0 Å². The number of carbonyl (C=O) groups is 2. The van der Waals surface area contributed by atoms with Crippen molar-refractivity contribution in [3.8, 4) is 5.75 Å². The van der Waals surface area contributed by atoms with Crippen molar-refractivity contribution in [1.29, 1.82) is 0 Å². The maximum absolute atomic E-state index is 12.4. The molecule has 1 unspecified atom stereocenters. The summed E-state index contributed by atoms with van der Waals surface area (Å²) in [6.45, 7) is 4.65. The van der Waals surface area contributed by atoms with E-state index in [1.807, 2.05) is 26.1 Å². The number of ether oxygens (including phenoxy) is 1. The first-order chi connectivity index (χ1) is 13.1. The molecule has 2 saturated heterocycles. The Morgan fingerprint density at radius 1 is 1.15 bits per heavy atom. The quantitative estimate of drug-likeness (QED) is 0.779. The van der Waals surface area contributed by atoms with Crippen molar-refractivity contribution in [3.05, 3.63) is 18.2 Å². The third-order valence-electron chi connectivity index (χ3n) is 5.89. The monoisotopic (exact) mass is 372 g/mol. The van der Waals surface area contributed by atoms with Crippen LogP contribution in [-0.2, 0) is 9.59 Å². The fourth-order valence-corrected chi connectivity index (χ4v) is 4.41. The number of fused-ring (bicyclic) bond motifs is 1. The third-order valence-corrected chi connectivity index (χ3v) is 5.89. The molecule has 0 aliphatic carbocycles. The van der Waals surface area contributed by atoms with E-state index < -0.39 is 0 Å². The molecule has 146 valence electrons. The van der Waals surface area contributed by atoms with Crippen molar-refractivity contribution in [3.63, 3.8) is 0 Å². The molecule has 27 heavy (non-hydrogen) atoms. The second-order valence-electron chi connectivity index (χ2n) is 7.72. The lowest BCUT2D eigenvalue weighted by Gasteiger charge is -2.42. The summed E-state index contributed by atoms with van der Waals surface area (Å²) in [7, 11) is 2.02. The minimum atomic E-state index is -0.321. The van der Waals surface area contributed by atoms with Gasteiger partial charge in [-0.15, -0.1) is 0 Å². The minimum Gasteiger partial charge on any atom is -0.485 e. The number of nitrogens with one attached hydrogen (secondary N) is 2. The Hall–Kier alpha value is -2.28. The molecule has 3 aliphatic heterocycles. The molecule has 7 heteroatoms.